The number of carbonyl (C=O) groups is 1. The molecule has 1 saturated heterocycles. The second-order valence-corrected chi connectivity index (χ2v) is 6.16. The fourth-order valence-corrected chi connectivity index (χ4v) is 3.29. The highest BCUT2D eigenvalue weighted by Crippen LogP contribution is 2.31. The van der Waals surface area contributed by atoms with E-state index < -0.39 is 0 Å². The maximum Gasteiger partial charge on any atom is 0.251 e. The standard InChI is InChI=1S/C19H23N3O3/c1-25-18-7-3-2-6-16(18)17(21-10-4-5-11-21)14-20-19(23)15-8-12-22(24)13-9-15/h2-3,6-9,12-13,17H,4-5,10-11,14H2,1H3,(H,20,23). The second kappa shape index (κ2) is 7.98. The zero-order chi connectivity index (χ0) is 17.6. The molecule has 0 bridgehead atoms. The largest absolute Gasteiger partial charge is 0.619 e. The molecule has 0 saturated carbocycles. The molecule has 1 aliphatic rings. The first-order valence-electron chi connectivity index (χ1n) is 8.53. The van der Waals surface area contributed by atoms with Crippen molar-refractivity contribution in [1.29, 1.82) is 0 Å². The molecule has 0 radical (unpaired) electrons. The van der Waals surface area contributed by atoms with Crippen LogP contribution in [0.4, 0.5) is 0 Å². The number of pyridine rings is 1. The zero-order valence-electron chi connectivity index (χ0n) is 14.4. The summed E-state index contributed by atoms with van der Waals surface area (Å²) in [4.78, 5) is 14.8. The molecule has 1 atom stereocenters. The SMILES string of the molecule is COc1ccccc1C(CNC(=O)c1cc[n+]([O-])cc1)N1CCCC1. The summed E-state index contributed by atoms with van der Waals surface area (Å²) in [5.74, 6) is 0.653. The van der Waals surface area contributed by atoms with Crippen molar-refractivity contribution >= 4 is 5.91 Å². The summed E-state index contributed by atoms with van der Waals surface area (Å²) in [7, 11) is 1.67. The molecule has 2 aromatic rings. The first-order valence-corrected chi connectivity index (χ1v) is 8.53. The molecule has 2 heterocycles. The van der Waals surface area contributed by atoms with Crippen LogP contribution in [-0.2, 0) is 0 Å². The van der Waals surface area contributed by atoms with E-state index in [0.717, 1.165) is 24.4 Å². The zero-order valence-corrected chi connectivity index (χ0v) is 14.4. The summed E-state index contributed by atoms with van der Waals surface area (Å²) in [5, 5.41) is 14.1. The van der Waals surface area contributed by atoms with Crippen molar-refractivity contribution in [2.24, 2.45) is 0 Å². The lowest BCUT2D eigenvalue weighted by atomic mass is 10.0. The first kappa shape index (κ1) is 17.2. The molecule has 0 spiro atoms. The van der Waals surface area contributed by atoms with E-state index in [9.17, 15) is 10.0 Å². The molecule has 132 valence electrons. The third-order valence-corrected chi connectivity index (χ3v) is 4.60. The maximum absolute atomic E-state index is 12.4. The van der Waals surface area contributed by atoms with E-state index in [1.54, 1.807) is 7.11 Å². The van der Waals surface area contributed by atoms with Gasteiger partial charge in [0.25, 0.3) is 5.91 Å². The van der Waals surface area contributed by atoms with Crippen LogP contribution in [0.3, 0.4) is 0 Å². The molecule has 3 rings (SSSR count). The van der Waals surface area contributed by atoms with Gasteiger partial charge in [-0.2, -0.15) is 4.73 Å². The van der Waals surface area contributed by atoms with Gasteiger partial charge in [-0.3, -0.25) is 9.69 Å². The Balaban J connectivity index is 1.76. The summed E-state index contributed by atoms with van der Waals surface area (Å²) in [6.07, 6.45) is 4.99. The summed E-state index contributed by atoms with van der Waals surface area (Å²) in [6, 6.07) is 11.1. The molecule has 1 aliphatic heterocycles. The van der Waals surface area contributed by atoms with E-state index in [4.69, 9.17) is 4.74 Å². The number of hydrogen-bond acceptors (Lipinski definition) is 4. The highest BCUT2D eigenvalue weighted by molar-refractivity contribution is 5.93. The van der Waals surface area contributed by atoms with Crippen LogP contribution in [0.15, 0.2) is 48.8 Å². The summed E-state index contributed by atoms with van der Waals surface area (Å²) < 4.78 is 6.18. The van der Waals surface area contributed by atoms with Crippen LogP contribution in [0.25, 0.3) is 0 Å². The predicted octanol–water partition coefficient (Wildman–Crippen LogP) is 1.90. The first-order chi connectivity index (χ1) is 12.2. The monoisotopic (exact) mass is 341 g/mol. The van der Waals surface area contributed by atoms with Crippen LogP contribution in [0, 0.1) is 5.21 Å². The fraction of sp³-hybridized carbons (Fsp3) is 0.368. The van der Waals surface area contributed by atoms with Crippen LogP contribution >= 0.6 is 0 Å². The van der Waals surface area contributed by atoms with Crippen molar-refractivity contribution in [2.45, 2.75) is 18.9 Å². The van der Waals surface area contributed by atoms with Gasteiger partial charge in [-0.1, -0.05) is 18.2 Å². The average Bonchev–Trinajstić information content (AvgIpc) is 3.17. The molecule has 25 heavy (non-hydrogen) atoms. The van der Waals surface area contributed by atoms with Crippen molar-refractivity contribution in [1.82, 2.24) is 10.2 Å². The van der Waals surface area contributed by atoms with Crippen LogP contribution in [-0.4, -0.2) is 37.6 Å². The smallest absolute Gasteiger partial charge is 0.251 e. The number of aromatic nitrogens is 1. The van der Waals surface area contributed by atoms with Gasteiger partial charge in [-0.15, -0.1) is 0 Å². The Bertz CT molecular complexity index is 712. The molecule has 1 aromatic carbocycles. The number of nitrogens with one attached hydrogen (secondary N) is 1. The van der Waals surface area contributed by atoms with Crippen molar-refractivity contribution < 1.29 is 14.3 Å². The minimum Gasteiger partial charge on any atom is -0.619 e. The van der Waals surface area contributed by atoms with Gasteiger partial charge in [-0.05, 0) is 32.0 Å². The van der Waals surface area contributed by atoms with E-state index in [-0.39, 0.29) is 11.9 Å². The van der Waals surface area contributed by atoms with Gasteiger partial charge in [0.2, 0.25) is 0 Å². The molecule has 1 amide bonds. The average molecular weight is 341 g/mol. The Morgan fingerprint density at radius 1 is 1.24 bits per heavy atom. The van der Waals surface area contributed by atoms with Gasteiger partial charge < -0.3 is 15.3 Å². The second-order valence-electron chi connectivity index (χ2n) is 6.16. The molecule has 6 heteroatoms. The Labute approximate surface area is 147 Å². The summed E-state index contributed by atoms with van der Waals surface area (Å²) >= 11 is 0. The van der Waals surface area contributed by atoms with Crippen molar-refractivity contribution in [2.75, 3.05) is 26.7 Å². The van der Waals surface area contributed by atoms with Gasteiger partial charge in [-0.25, -0.2) is 0 Å². The highest BCUT2D eigenvalue weighted by atomic mass is 16.5. The quantitative estimate of drug-likeness (QED) is 0.644. The van der Waals surface area contributed by atoms with E-state index in [0.29, 0.717) is 16.8 Å². The Morgan fingerprint density at radius 3 is 2.60 bits per heavy atom. The van der Waals surface area contributed by atoms with Gasteiger partial charge in [0.15, 0.2) is 12.4 Å². The Hall–Kier alpha value is -2.60. The summed E-state index contributed by atoms with van der Waals surface area (Å²) in [6.45, 7) is 2.52. The van der Waals surface area contributed by atoms with Crippen LogP contribution in [0.5, 0.6) is 5.75 Å². The summed E-state index contributed by atoms with van der Waals surface area (Å²) in [5.41, 5.74) is 1.56. The van der Waals surface area contributed by atoms with Crippen LogP contribution < -0.4 is 14.8 Å². The number of rotatable bonds is 6. The Kier molecular flexibility index (Phi) is 5.50. The lowest BCUT2D eigenvalue weighted by molar-refractivity contribution is -0.605. The molecule has 1 unspecified atom stereocenters. The normalized spacial score (nSPS) is 15.7. The van der Waals surface area contributed by atoms with E-state index in [2.05, 4.69) is 16.3 Å². The number of benzene rings is 1. The number of hydrogen-bond donors (Lipinski definition) is 1. The number of nitrogens with zero attached hydrogens (tertiary/aromatic N) is 2. The van der Waals surface area contributed by atoms with Gasteiger partial charge in [0.1, 0.15) is 5.75 Å². The van der Waals surface area contributed by atoms with E-state index in [1.165, 1.54) is 37.4 Å². The number of likely N-dealkylation sites (tertiary alicyclic amines) is 1. The minimum atomic E-state index is -0.181. The lowest BCUT2D eigenvalue weighted by Crippen LogP contribution is -2.37. The molecule has 1 aromatic heterocycles. The minimum absolute atomic E-state index is 0.0655. The van der Waals surface area contributed by atoms with Gasteiger partial charge >= 0.3 is 0 Å². The van der Waals surface area contributed by atoms with Crippen LogP contribution in [0.1, 0.15) is 34.8 Å². The lowest BCUT2D eigenvalue weighted by Gasteiger charge is -2.29. The number of amides is 1. The molecule has 0 aliphatic carbocycles. The van der Waals surface area contributed by atoms with Gasteiger partial charge in [0.05, 0.1) is 18.7 Å². The fourth-order valence-electron chi connectivity index (χ4n) is 3.29. The molecule has 1 fully saturated rings. The van der Waals surface area contributed by atoms with Crippen molar-refractivity contribution in [3.8, 4) is 5.75 Å². The topological polar surface area (TPSA) is 68.5 Å². The molecule has 6 nitrogen and oxygen atoms in total. The third-order valence-electron chi connectivity index (χ3n) is 4.60. The predicted molar refractivity (Wildman–Crippen MR) is 94.3 cm³/mol. The highest BCUT2D eigenvalue weighted by Gasteiger charge is 2.26. The number of methoxy groups -OCH3 is 1. The van der Waals surface area contributed by atoms with Crippen LogP contribution in [0.2, 0.25) is 0 Å². The molecular formula is C19H23N3O3. The number of ether oxygens (including phenoxy) is 1. The maximum atomic E-state index is 12.4. The number of para-hydroxylation sites is 1. The third kappa shape index (κ3) is 4.09. The van der Waals surface area contributed by atoms with Crippen molar-refractivity contribution in [3.05, 3.63) is 65.1 Å². The molecular weight excluding hydrogens is 318 g/mol. The Morgan fingerprint density at radius 2 is 1.92 bits per heavy atom. The van der Waals surface area contributed by atoms with Gasteiger partial charge in [0, 0.05) is 24.2 Å². The molecule has 1 N–H and O–H groups in total. The van der Waals surface area contributed by atoms with E-state index >= 15 is 0 Å². The number of carbonyl (C=O) groups excluding carboxylic acids is 1. The van der Waals surface area contributed by atoms with E-state index in [1.807, 2.05) is 18.2 Å². The van der Waals surface area contributed by atoms with Crippen molar-refractivity contribution in [3.63, 3.8) is 0 Å².